The second-order valence-electron chi connectivity index (χ2n) is 2.72. The lowest BCUT2D eigenvalue weighted by Crippen LogP contribution is -2.06. The Balaban J connectivity index is 2.95. The molecule has 2 rings (SSSR count). The van der Waals surface area contributed by atoms with E-state index in [4.69, 9.17) is 13.1 Å². The molecule has 0 aliphatic heterocycles. The summed E-state index contributed by atoms with van der Waals surface area (Å²) in [6, 6.07) is 9.51. The largest absolute Gasteiger partial charge is 0.246 e. The van der Waals surface area contributed by atoms with Gasteiger partial charge >= 0.3 is 0 Å². The molecular weight excluding hydrogens is 159 g/mol. The standard InChI is InChI=1S/C10H5BN2/c11-9-6-13-10(5-12)8-4-2-1-3-7(8)9/h1-4,6H. The van der Waals surface area contributed by atoms with Crippen molar-refractivity contribution < 1.29 is 0 Å². The third kappa shape index (κ3) is 1.17. The summed E-state index contributed by atoms with van der Waals surface area (Å²) >= 11 is 0. The van der Waals surface area contributed by atoms with Crippen LogP contribution in [0.15, 0.2) is 30.5 Å². The van der Waals surface area contributed by atoms with E-state index in [9.17, 15) is 0 Å². The Bertz CT molecular complexity index is 500. The van der Waals surface area contributed by atoms with Gasteiger partial charge in [0.15, 0.2) is 0 Å². The summed E-state index contributed by atoms with van der Waals surface area (Å²) in [4.78, 5) is 3.94. The molecule has 0 spiro atoms. The van der Waals surface area contributed by atoms with Crippen molar-refractivity contribution in [1.29, 1.82) is 5.26 Å². The fourth-order valence-electron chi connectivity index (χ4n) is 1.30. The van der Waals surface area contributed by atoms with Gasteiger partial charge < -0.3 is 0 Å². The Hall–Kier alpha value is -1.82. The van der Waals surface area contributed by atoms with Gasteiger partial charge in [0.25, 0.3) is 0 Å². The lowest BCUT2D eigenvalue weighted by atomic mass is 9.92. The molecule has 0 saturated heterocycles. The minimum absolute atomic E-state index is 0.421. The number of rotatable bonds is 0. The Morgan fingerprint density at radius 2 is 1.92 bits per heavy atom. The third-order valence-electron chi connectivity index (χ3n) is 1.93. The Morgan fingerprint density at radius 3 is 2.62 bits per heavy atom. The SMILES string of the molecule is [B]c1cnc(C#N)c2ccccc12. The summed E-state index contributed by atoms with van der Waals surface area (Å²) in [6.45, 7) is 0. The molecular formula is C10H5BN2. The second-order valence-corrected chi connectivity index (χ2v) is 2.72. The molecule has 0 N–H and O–H groups in total. The van der Waals surface area contributed by atoms with Crippen molar-refractivity contribution >= 4 is 24.1 Å². The minimum atomic E-state index is 0.421. The first-order valence-electron chi connectivity index (χ1n) is 3.86. The van der Waals surface area contributed by atoms with Gasteiger partial charge in [-0.1, -0.05) is 29.7 Å². The Morgan fingerprint density at radius 1 is 1.23 bits per heavy atom. The molecule has 3 heteroatoms. The summed E-state index contributed by atoms with van der Waals surface area (Å²) in [5.41, 5.74) is 1.03. The molecule has 13 heavy (non-hydrogen) atoms. The van der Waals surface area contributed by atoms with Crippen LogP contribution in [-0.2, 0) is 0 Å². The minimum Gasteiger partial charge on any atom is -0.246 e. The van der Waals surface area contributed by atoms with Crippen LogP contribution in [0.3, 0.4) is 0 Å². The van der Waals surface area contributed by atoms with E-state index in [-0.39, 0.29) is 0 Å². The average molecular weight is 164 g/mol. The van der Waals surface area contributed by atoms with Crippen LogP contribution >= 0.6 is 0 Å². The van der Waals surface area contributed by atoms with Crippen LogP contribution in [0.4, 0.5) is 0 Å². The van der Waals surface area contributed by atoms with Crippen molar-refractivity contribution in [1.82, 2.24) is 4.98 Å². The highest BCUT2D eigenvalue weighted by Crippen LogP contribution is 2.12. The van der Waals surface area contributed by atoms with E-state index in [2.05, 4.69) is 4.98 Å². The zero-order chi connectivity index (χ0) is 9.26. The van der Waals surface area contributed by atoms with E-state index in [1.54, 1.807) is 0 Å². The van der Waals surface area contributed by atoms with Gasteiger partial charge in [0.2, 0.25) is 0 Å². The van der Waals surface area contributed by atoms with Gasteiger partial charge in [-0.25, -0.2) is 4.98 Å². The van der Waals surface area contributed by atoms with Gasteiger partial charge in [-0.2, -0.15) is 5.26 Å². The highest BCUT2D eigenvalue weighted by atomic mass is 14.7. The maximum atomic E-state index is 8.77. The average Bonchev–Trinajstić information content (AvgIpc) is 2.19. The summed E-state index contributed by atoms with van der Waals surface area (Å²) in [7, 11) is 5.71. The van der Waals surface area contributed by atoms with Gasteiger partial charge in [-0.05, 0) is 5.39 Å². The quantitative estimate of drug-likeness (QED) is 0.542. The van der Waals surface area contributed by atoms with Crippen LogP contribution in [0.25, 0.3) is 10.8 Å². The number of hydrogen-bond acceptors (Lipinski definition) is 2. The smallest absolute Gasteiger partial charge is 0.148 e. The molecule has 0 atom stereocenters. The first kappa shape index (κ1) is 7.81. The lowest BCUT2D eigenvalue weighted by Gasteiger charge is -2.01. The number of nitriles is 1. The van der Waals surface area contributed by atoms with E-state index in [1.165, 1.54) is 6.20 Å². The molecule has 58 valence electrons. The van der Waals surface area contributed by atoms with Crippen molar-refractivity contribution in [2.45, 2.75) is 0 Å². The fourth-order valence-corrected chi connectivity index (χ4v) is 1.30. The predicted molar refractivity (Wildman–Crippen MR) is 51.8 cm³/mol. The molecule has 1 aromatic carbocycles. The summed E-state index contributed by atoms with van der Waals surface area (Å²) in [5.74, 6) is 0. The topological polar surface area (TPSA) is 36.7 Å². The molecule has 2 nitrogen and oxygen atoms in total. The molecule has 1 heterocycles. The van der Waals surface area contributed by atoms with Gasteiger partial charge in [0.1, 0.15) is 19.6 Å². The van der Waals surface area contributed by atoms with E-state index in [1.807, 2.05) is 30.3 Å². The van der Waals surface area contributed by atoms with Crippen LogP contribution in [0.2, 0.25) is 0 Å². The van der Waals surface area contributed by atoms with Crippen molar-refractivity contribution in [2.75, 3.05) is 0 Å². The van der Waals surface area contributed by atoms with Crippen LogP contribution in [0, 0.1) is 11.3 Å². The van der Waals surface area contributed by atoms with Crippen molar-refractivity contribution in [3.63, 3.8) is 0 Å². The zero-order valence-electron chi connectivity index (χ0n) is 6.86. The number of nitrogens with zero attached hydrogens (tertiary/aromatic N) is 2. The van der Waals surface area contributed by atoms with Crippen LogP contribution < -0.4 is 5.46 Å². The summed E-state index contributed by atoms with van der Waals surface area (Å²) < 4.78 is 0. The van der Waals surface area contributed by atoms with E-state index in [0.29, 0.717) is 11.2 Å². The molecule has 0 saturated carbocycles. The van der Waals surface area contributed by atoms with Crippen LogP contribution in [0.5, 0.6) is 0 Å². The van der Waals surface area contributed by atoms with E-state index in [0.717, 1.165) is 10.8 Å². The molecule has 0 aliphatic rings. The van der Waals surface area contributed by atoms with Gasteiger partial charge in [0.05, 0.1) is 0 Å². The van der Waals surface area contributed by atoms with Gasteiger partial charge in [-0.15, -0.1) is 0 Å². The molecule has 0 amide bonds. The van der Waals surface area contributed by atoms with E-state index >= 15 is 0 Å². The highest BCUT2D eigenvalue weighted by Gasteiger charge is 2.01. The Labute approximate surface area is 77.2 Å². The number of fused-ring (bicyclic) bond motifs is 1. The number of hydrogen-bond donors (Lipinski definition) is 0. The maximum Gasteiger partial charge on any atom is 0.148 e. The lowest BCUT2D eigenvalue weighted by molar-refractivity contribution is 1.31. The maximum absolute atomic E-state index is 8.77. The first-order valence-corrected chi connectivity index (χ1v) is 3.86. The van der Waals surface area contributed by atoms with Crippen molar-refractivity contribution in [2.24, 2.45) is 0 Å². The summed E-state index contributed by atoms with van der Waals surface area (Å²) in [6.07, 6.45) is 1.51. The third-order valence-corrected chi connectivity index (χ3v) is 1.93. The van der Waals surface area contributed by atoms with E-state index < -0.39 is 0 Å². The van der Waals surface area contributed by atoms with Crippen molar-refractivity contribution in [3.05, 3.63) is 36.2 Å². The molecule has 0 fully saturated rings. The first-order chi connectivity index (χ1) is 6.33. The monoisotopic (exact) mass is 164 g/mol. The zero-order valence-corrected chi connectivity index (χ0v) is 6.86. The second kappa shape index (κ2) is 2.91. The molecule has 0 aliphatic carbocycles. The predicted octanol–water partition coefficient (Wildman–Crippen LogP) is 0.900. The fraction of sp³-hybridized carbons (Fsp3) is 0. The van der Waals surface area contributed by atoms with Gasteiger partial charge in [-0.3, -0.25) is 0 Å². The normalized spacial score (nSPS) is 9.77. The number of pyridine rings is 1. The number of aromatic nitrogens is 1. The molecule has 1 aromatic heterocycles. The van der Waals surface area contributed by atoms with Crippen LogP contribution in [-0.4, -0.2) is 12.8 Å². The molecule has 0 bridgehead atoms. The van der Waals surface area contributed by atoms with Crippen molar-refractivity contribution in [3.8, 4) is 6.07 Å². The number of benzene rings is 1. The Kier molecular flexibility index (Phi) is 1.75. The summed E-state index contributed by atoms with van der Waals surface area (Å²) in [5, 5.41) is 10.5. The van der Waals surface area contributed by atoms with Gasteiger partial charge in [0, 0.05) is 11.6 Å². The molecule has 2 aromatic rings. The molecule has 0 unspecified atom stereocenters. The molecule has 2 radical (unpaired) electrons. The highest BCUT2D eigenvalue weighted by molar-refractivity contribution is 6.38. The van der Waals surface area contributed by atoms with Crippen LogP contribution in [0.1, 0.15) is 5.69 Å².